The zero-order valence-corrected chi connectivity index (χ0v) is 20.4. The molecular weight excluding hydrogens is 400 g/mol. The van der Waals surface area contributed by atoms with Crippen LogP contribution in [0.5, 0.6) is 11.5 Å². The maximum atomic E-state index is 6.15. The first-order valence-corrected chi connectivity index (χ1v) is 12.1. The van der Waals surface area contributed by atoms with E-state index in [2.05, 4.69) is 90.1 Å². The number of rotatable bonds is 9. The Labute approximate surface area is 193 Å². The van der Waals surface area contributed by atoms with Crippen LogP contribution in [0.15, 0.2) is 48.5 Å². The van der Waals surface area contributed by atoms with Crippen molar-refractivity contribution in [2.24, 2.45) is 10.8 Å². The minimum absolute atomic E-state index is 0.117. The van der Waals surface area contributed by atoms with Gasteiger partial charge in [-0.1, -0.05) is 38.1 Å². The minimum atomic E-state index is 0.117. The Morgan fingerprint density at radius 2 is 0.906 bits per heavy atom. The molecule has 0 aliphatic carbocycles. The summed E-state index contributed by atoms with van der Waals surface area (Å²) in [5.41, 5.74) is 2.57. The lowest BCUT2D eigenvalue weighted by Crippen LogP contribution is -2.59. The van der Waals surface area contributed by atoms with E-state index in [0.717, 1.165) is 24.3 Å². The molecule has 2 heterocycles. The van der Waals surface area contributed by atoms with Crippen LogP contribution in [-0.4, -0.2) is 37.6 Å². The third-order valence-corrected chi connectivity index (χ3v) is 8.43. The minimum Gasteiger partial charge on any atom is -0.493 e. The van der Waals surface area contributed by atoms with Crippen LogP contribution in [0.1, 0.15) is 54.4 Å². The van der Waals surface area contributed by atoms with E-state index in [1.165, 1.54) is 11.1 Å². The Bertz CT molecular complexity index is 797. The summed E-state index contributed by atoms with van der Waals surface area (Å²) in [5.74, 6) is 1.81. The molecule has 4 nitrogen and oxygen atoms in total. The van der Waals surface area contributed by atoms with E-state index in [1.54, 1.807) is 0 Å². The maximum Gasteiger partial charge on any atom is 0.119 e. The number of benzene rings is 2. The molecule has 2 fully saturated rings. The van der Waals surface area contributed by atoms with Gasteiger partial charge in [-0.25, -0.2) is 0 Å². The molecule has 2 aromatic rings. The molecule has 0 N–H and O–H groups in total. The predicted molar refractivity (Wildman–Crippen MR) is 128 cm³/mol. The lowest BCUT2D eigenvalue weighted by Gasteiger charge is -2.52. The molecule has 0 spiro atoms. The fourth-order valence-corrected chi connectivity index (χ4v) is 5.42. The first-order chi connectivity index (χ1) is 15.3. The van der Waals surface area contributed by atoms with Crippen LogP contribution in [0.2, 0.25) is 0 Å². The van der Waals surface area contributed by atoms with Crippen LogP contribution in [0.4, 0.5) is 0 Å². The van der Waals surface area contributed by atoms with E-state index in [1.807, 2.05) is 0 Å². The largest absolute Gasteiger partial charge is 0.493 e. The summed E-state index contributed by atoms with van der Waals surface area (Å²) in [5, 5.41) is 0. The van der Waals surface area contributed by atoms with Gasteiger partial charge in [0.1, 0.15) is 11.5 Å². The van der Waals surface area contributed by atoms with E-state index in [0.29, 0.717) is 13.2 Å². The topological polar surface area (TPSA) is 36.9 Å². The van der Waals surface area contributed by atoms with Crippen molar-refractivity contribution in [2.75, 3.05) is 13.2 Å². The molecule has 2 aromatic carbocycles. The van der Waals surface area contributed by atoms with Gasteiger partial charge in [-0.15, -0.1) is 0 Å². The molecular formula is C28H38O4. The molecule has 2 aliphatic rings. The van der Waals surface area contributed by atoms with Crippen molar-refractivity contribution in [3.8, 4) is 22.6 Å². The molecule has 0 saturated carbocycles. The van der Waals surface area contributed by atoms with Gasteiger partial charge in [0, 0.05) is 0 Å². The van der Waals surface area contributed by atoms with Crippen LogP contribution in [0.3, 0.4) is 0 Å². The van der Waals surface area contributed by atoms with Gasteiger partial charge in [-0.2, -0.15) is 0 Å². The zero-order valence-electron chi connectivity index (χ0n) is 20.4. The Kier molecular flexibility index (Phi) is 6.56. The van der Waals surface area contributed by atoms with E-state index in [4.69, 9.17) is 18.9 Å². The highest BCUT2D eigenvalue weighted by atomic mass is 16.5. The summed E-state index contributed by atoms with van der Waals surface area (Å²) in [6.07, 6.45) is 3.12. The van der Waals surface area contributed by atoms with Gasteiger partial charge in [-0.3, -0.25) is 0 Å². The van der Waals surface area contributed by atoms with E-state index >= 15 is 0 Å². The van der Waals surface area contributed by atoms with Crippen LogP contribution in [0.25, 0.3) is 11.1 Å². The molecule has 4 rings (SSSR count). The summed E-state index contributed by atoms with van der Waals surface area (Å²) in [7, 11) is 0. The lowest BCUT2D eigenvalue weighted by molar-refractivity contribution is -0.246. The van der Waals surface area contributed by atoms with Gasteiger partial charge in [0.2, 0.25) is 0 Å². The molecule has 0 aromatic heterocycles. The van der Waals surface area contributed by atoms with E-state index in [9.17, 15) is 0 Å². The maximum absolute atomic E-state index is 6.15. The number of hydrogen-bond acceptors (Lipinski definition) is 4. The van der Waals surface area contributed by atoms with Crippen molar-refractivity contribution in [2.45, 2.75) is 78.8 Å². The van der Waals surface area contributed by atoms with Gasteiger partial charge < -0.3 is 18.9 Å². The van der Waals surface area contributed by atoms with Gasteiger partial charge in [-0.05, 0) is 75.9 Å². The highest BCUT2D eigenvalue weighted by molar-refractivity contribution is 5.64. The summed E-state index contributed by atoms with van der Waals surface area (Å²) in [6.45, 7) is 14.4. The van der Waals surface area contributed by atoms with Crippen LogP contribution in [0, 0.1) is 10.8 Å². The second-order valence-corrected chi connectivity index (χ2v) is 9.64. The molecule has 2 aliphatic heterocycles. The highest BCUT2D eigenvalue weighted by Gasteiger charge is 2.52. The average molecular weight is 439 g/mol. The Morgan fingerprint density at radius 3 is 1.16 bits per heavy atom. The van der Waals surface area contributed by atoms with Gasteiger partial charge >= 0.3 is 0 Å². The molecule has 2 saturated heterocycles. The third kappa shape index (κ3) is 3.92. The standard InChI is InChI=1S/C28H38O4/c1-7-27(19(3)31-20(27)4)17-29-25-13-9-23(10-14-25)24-11-15-26(16-12-24)30-18-28(8-2)21(5)32-22(28)6/h9-16,19-22H,7-8,17-18H2,1-6H3. The fraction of sp³-hybridized carbons (Fsp3) is 0.571. The van der Waals surface area contributed by atoms with Crippen molar-refractivity contribution in [3.63, 3.8) is 0 Å². The van der Waals surface area contributed by atoms with E-state index in [-0.39, 0.29) is 35.2 Å². The average Bonchev–Trinajstić information content (AvgIpc) is 2.81. The molecule has 0 amide bonds. The molecule has 4 unspecified atom stereocenters. The summed E-state index contributed by atoms with van der Waals surface area (Å²) in [4.78, 5) is 0. The molecule has 0 radical (unpaired) electrons. The molecule has 32 heavy (non-hydrogen) atoms. The fourth-order valence-electron chi connectivity index (χ4n) is 5.42. The van der Waals surface area contributed by atoms with Crippen molar-refractivity contribution >= 4 is 0 Å². The van der Waals surface area contributed by atoms with Crippen molar-refractivity contribution in [3.05, 3.63) is 48.5 Å². The molecule has 174 valence electrons. The van der Waals surface area contributed by atoms with Crippen molar-refractivity contribution in [1.29, 1.82) is 0 Å². The monoisotopic (exact) mass is 438 g/mol. The quantitative estimate of drug-likeness (QED) is 0.447. The Balaban J connectivity index is 1.34. The number of ether oxygens (including phenoxy) is 4. The van der Waals surface area contributed by atoms with Crippen molar-refractivity contribution < 1.29 is 18.9 Å². The van der Waals surface area contributed by atoms with Crippen LogP contribution >= 0.6 is 0 Å². The molecule has 4 heteroatoms. The first kappa shape index (κ1) is 23.1. The van der Waals surface area contributed by atoms with Crippen LogP contribution < -0.4 is 9.47 Å². The van der Waals surface area contributed by atoms with E-state index < -0.39 is 0 Å². The van der Waals surface area contributed by atoms with Crippen molar-refractivity contribution in [1.82, 2.24) is 0 Å². The lowest BCUT2D eigenvalue weighted by atomic mass is 9.71. The summed E-state index contributed by atoms with van der Waals surface area (Å²) < 4.78 is 23.9. The normalized spacial score (nSPS) is 33.8. The van der Waals surface area contributed by atoms with Gasteiger partial charge in [0.25, 0.3) is 0 Å². The smallest absolute Gasteiger partial charge is 0.119 e. The predicted octanol–water partition coefficient (Wildman–Crippen LogP) is 6.52. The zero-order chi connectivity index (χ0) is 22.9. The molecule has 4 atom stereocenters. The Morgan fingerprint density at radius 1 is 0.594 bits per heavy atom. The first-order valence-electron chi connectivity index (χ1n) is 12.1. The van der Waals surface area contributed by atoms with Gasteiger partial charge in [0.15, 0.2) is 0 Å². The highest BCUT2D eigenvalue weighted by Crippen LogP contribution is 2.45. The second kappa shape index (κ2) is 9.07. The van der Waals surface area contributed by atoms with Crippen LogP contribution in [-0.2, 0) is 9.47 Å². The summed E-state index contributed by atoms with van der Waals surface area (Å²) in [6, 6.07) is 16.7. The number of hydrogen-bond donors (Lipinski definition) is 0. The SMILES string of the molecule is CCC1(COc2ccc(-c3ccc(OCC4(CC)C(C)OC4C)cc3)cc2)C(C)OC1C. The molecule has 0 bridgehead atoms. The Hall–Kier alpha value is -2.04. The second-order valence-electron chi connectivity index (χ2n) is 9.64. The third-order valence-electron chi connectivity index (χ3n) is 8.43. The summed E-state index contributed by atoms with van der Waals surface area (Å²) >= 11 is 0. The van der Waals surface area contributed by atoms with Gasteiger partial charge in [0.05, 0.1) is 48.5 Å².